The zero-order chi connectivity index (χ0) is 15.2. The number of hydrogen-bond donors (Lipinski definition) is 1. The van der Waals surface area contributed by atoms with E-state index in [1.54, 1.807) is 32.6 Å². The number of carbonyl (C=O) groups excluding carboxylic acids is 1. The van der Waals surface area contributed by atoms with Crippen LogP contribution in [0.4, 0.5) is 0 Å². The third-order valence-corrected chi connectivity index (χ3v) is 4.15. The maximum Gasteiger partial charge on any atom is 0.239 e. The van der Waals surface area contributed by atoms with E-state index in [0.717, 1.165) is 12.0 Å². The first-order valence-electron chi connectivity index (χ1n) is 6.48. The van der Waals surface area contributed by atoms with Crippen molar-refractivity contribution < 1.29 is 14.3 Å². The van der Waals surface area contributed by atoms with Crippen molar-refractivity contribution in [2.75, 3.05) is 14.2 Å². The quantitative estimate of drug-likeness (QED) is 0.667. The van der Waals surface area contributed by atoms with Gasteiger partial charge in [0.15, 0.2) is 16.7 Å². The molecule has 0 unspecified atom stereocenters. The topological polar surface area (TPSA) is 72.3 Å². The third-order valence-electron chi connectivity index (χ3n) is 2.91. The molecule has 1 N–H and O–H groups in total. The predicted octanol–water partition coefficient (Wildman–Crippen LogP) is 2.04. The van der Waals surface area contributed by atoms with Gasteiger partial charge in [-0.05, 0) is 30.2 Å². The summed E-state index contributed by atoms with van der Waals surface area (Å²) < 4.78 is 10.4. The molecule has 6 nitrogen and oxygen atoms in total. The largest absolute Gasteiger partial charge is 0.493 e. The first kappa shape index (κ1) is 15.4. The number of hydrogen-bond acceptors (Lipinski definition) is 6. The number of ether oxygens (including phenoxy) is 2. The Labute approximate surface area is 127 Å². The number of rotatable bonds is 5. The van der Waals surface area contributed by atoms with Crippen LogP contribution in [0.3, 0.4) is 0 Å². The van der Waals surface area contributed by atoms with E-state index in [2.05, 4.69) is 15.5 Å². The minimum atomic E-state index is -0.0694. The number of amidine groups is 1. The highest BCUT2D eigenvalue weighted by Crippen LogP contribution is 2.27. The molecule has 0 saturated carbocycles. The molecule has 1 saturated heterocycles. The second-order valence-corrected chi connectivity index (χ2v) is 5.46. The van der Waals surface area contributed by atoms with Crippen molar-refractivity contribution >= 4 is 29.1 Å². The molecule has 1 aromatic carbocycles. The van der Waals surface area contributed by atoms with Gasteiger partial charge in [-0.15, -0.1) is 5.10 Å². The van der Waals surface area contributed by atoms with Crippen LogP contribution in [0.25, 0.3) is 0 Å². The van der Waals surface area contributed by atoms with Gasteiger partial charge in [-0.3, -0.25) is 4.79 Å². The Balaban J connectivity index is 2.07. The van der Waals surface area contributed by atoms with Crippen LogP contribution in [-0.2, 0) is 4.79 Å². The second kappa shape index (κ2) is 7.12. The lowest BCUT2D eigenvalue weighted by Gasteiger charge is -2.07. The molecule has 0 radical (unpaired) electrons. The average molecular weight is 307 g/mol. The van der Waals surface area contributed by atoms with Crippen molar-refractivity contribution in [2.45, 2.75) is 18.6 Å². The van der Waals surface area contributed by atoms with Gasteiger partial charge in [-0.25, -0.2) is 0 Å². The predicted molar refractivity (Wildman–Crippen MR) is 84.4 cm³/mol. The fourth-order valence-corrected chi connectivity index (χ4v) is 2.66. The van der Waals surface area contributed by atoms with E-state index >= 15 is 0 Å². The molecule has 0 aliphatic carbocycles. The lowest BCUT2D eigenvalue weighted by Crippen LogP contribution is -2.24. The molecule has 0 bridgehead atoms. The Bertz CT molecular complexity index is 587. The van der Waals surface area contributed by atoms with Gasteiger partial charge in [0.05, 0.1) is 25.7 Å². The van der Waals surface area contributed by atoms with Crippen LogP contribution in [-0.4, -0.2) is 36.8 Å². The summed E-state index contributed by atoms with van der Waals surface area (Å²) in [5, 5.41) is 11.2. The monoisotopic (exact) mass is 307 g/mol. The maximum absolute atomic E-state index is 11.5. The number of nitrogens with one attached hydrogen (secondary N) is 1. The second-order valence-electron chi connectivity index (χ2n) is 4.27. The highest BCUT2D eigenvalue weighted by atomic mass is 32.2. The van der Waals surface area contributed by atoms with Crippen molar-refractivity contribution in [3.05, 3.63) is 23.8 Å². The van der Waals surface area contributed by atoms with Crippen molar-refractivity contribution in [1.82, 2.24) is 5.32 Å². The zero-order valence-corrected chi connectivity index (χ0v) is 12.9. The summed E-state index contributed by atoms with van der Waals surface area (Å²) in [5.74, 6) is 1.27. The number of nitrogens with zero attached hydrogens (tertiary/aromatic N) is 2. The fourth-order valence-electron chi connectivity index (χ4n) is 1.80. The minimum Gasteiger partial charge on any atom is -0.493 e. The van der Waals surface area contributed by atoms with Crippen molar-refractivity contribution in [1.29, 1.82) is 0 Å². The molecule has 112 valence electrons. The molecular weight excluding hydrogens is 290 g/mol. The Kier molecular flexibility index (Phi) is 5.21. The highest BCUT2D eigenvalue weighted by Gasteiger charge is 2.28. The van der Waals surface area contributed by atoms with Gasteiger partial charge in [-0.1, -0.05) is 18.7 Å². The van der Waals surface area contributed by atoms with Crippen molar-refractivity contribution in [2.24, 2.45) is 10.2 Å². The molecule has 7 heteroatoms. The van der Waals surface area contributed by atoms with Gasteiger partial charge in [0.2, 0.25) is 5.91 Å². The molecule has 1 fully saturated rings. The Hall–Kier alpha value is -2.02. The SMILES string of the molecule is CC[C@@H]1S/C(=N\N=C/c2ccc(OC)c(OC)c2)NC1=O. The summed E-state index contributed by atoms with van der Waals surface area (Å²) in [6, 6.07) is 5.45. The fraction of sp³-hybridized carbons (Fsp3) is 0.357. The van der Waals surface area contributed by atoms with E-state index in [1.165, 1.54) is 11.8 Å². The summed E-state index contributed by atoms with van der Waals surface area (Å²) in [6.45, 7) is 1.97. The summed E-state index contributed by atoms with van der Waals surface area (Å²) in [6.07, 6.45) is 2.37. The highest BCUT2D eigenvalue weighted by molar-refractivity contribution is 8.15. The molecule has 1 amide bonds. The summed E-state index contributed by atoms with van der Waals surface area (Å²) in [5.41, 5.74) is 0.832. The Morgan fingerprint density at radius 3 is 2.71 bits per heavy atom. The van der Waals surface area contributed by atoms with E-state index in [0.29, 0.717) is 16.7 Å². The van der Waals surface area contributed by atoms with E-state index in [9.17, 15) is 4.79 Å². The number of benzene rings is 1. The number of carbonyl (C=O) groups is 1. The smallest absolute Gasteiger partial charge is 0.239 e. The molecule has 21 heavy (non-hydrogen) atoms. The van der Waals surface area contributed by atoms with Crippen molar-refractivity contribution in [3.63, 3.8) is 0 Å². The number of amides is 1. The molecule has 1 heterocycles. The maximum atomic E-state index is 11.5. The number of methoxy groups -OCH3 is 2. The molecule has 0 aromatic heterocycles. The van der Waals surface area contributed by atoms with Crippen molar-refractivity contribution in [3.8, 4) is 11.5 Å². The molecule has 2 rings (SSSR count). The van der Waals surface area contributed by atoms with E-state index in [4.69, 9.17) is 9.47 Å². The Morgan fingerprint density at radius 1 is 1.33 bits per heavy atom. The first-order valence-corrected chi connectivity index (χ1v) is 7.36. The standard InChI is InChI=1S/C14H17N3O3S/c1-4-12-13(18)16-14(21-12)17-15-8-9-5-6-10(19-2)11(7-9)20-3/h5-8,12H,4H2,1-3H3,(H,16,17,18)/b15-8-/t12-/m0/s1. The van der Waals surface area contributed by atoms with Crippen LogP contribution in [0.2, 0.25) is 0 Å². The van der Waals surface area contributed by atoms with E-state index < -0.39 is 0 Å². The van der Waals surface area contributed by atoms with Crippen LogP contribution < -0.4 is 14.8 Å². The average Bonchev–Trinajstić information content (AvgIpc) is 2.87. The zero-order valence-electron chi connectivity index (χ0n) is 12.1. The lowest BCUT2D eigenvalue weighted by atomic mass is 10.2. The molecule has 1 aromatic rings. The molecule has 1 atom stereocenters. The van der Waals surface area contributed by atoms with Gasteiger partial charge in [0.25, 0.3) is 0 Å². The van der Waals surface area contributed by atoms with E-state index in [-0.39, 0.29) is 11.2 Å². The summed E-state index contributed by atoms with van der Waals surface area (Å²) in [4.78, 5) is 11.5. The van der Waals surface area contributed by atoms with Crippen LogP contribution in [0.15, 0.2) is 28.4 Å². The Morgan fingerprint density at radius 2 is 2.10 bits per heavy atom. The van der Waals surface area contributed by atoms with Gasteiger partial charge in [-0.2, -0.15) is 5.10 Å². The number of thioether (sulfide) groups is 1. The van der Waals surface area contributed by atoms with Gasteiger partial charge in [0, 0.05) is 0 Å². The third kappa shape index (κ3) is 3.75. The molecule has 1 aliphatic rings. The minimum absolute atomic E-state index is 0.0115. The summed E-state index contributed by atoms with van der Waals surface area (Å²) in [7, 11) is 3.16. The summed E-state index contributed by atoms with van der Waals surface area (Å²) >= 11 is 1.40. The lowest BCUT2D eigenvalue weighted by molar-refractivity contribution is -0.118. The van der Waals surface area contributed by atoms with Crippen LogP contribution >= 0.6 is 11.8 Å². The molecule has 0 spiro atoms. The van der Waals surface area contributed by atoms with Gasteiger partial charge < -0.3 is 14.8 Å². The first-order chi connectivity index (χ1) is 10.2. The van der Waals surface area contributed by atoms with Gasteiger partial charge in [0.1, 0.15) is 0 Å². The van der Waals surface area contributed by atoms with Gasteiger partial charge >= 0.3 is 0 Å². The van der Waals surface area contributed by atoms with E-state index in [1.807, 2.05) is 13.0 Å². The molecular formula is C14H17N3O3S. The molecule has 1 aliphatic heterocycles. The van der Waals surface area contributed by atoms with Crippen LogP contribution in [0.5, 0.6) is 11.5 Å². The normalized spacial score (nSPS) is 20.0. The van der Waals surface area contributed by atoms with Crippen LogP contribution in [0, 0.1) is 0 Å². The van der Waals surface area contributed by atoms with Crippen LogP contribution in [0.1, 0.15) is 18.9 Å².